The van der Waals surface area contributed by atoms with Crippen LogP contribution >= 0.6 is 0 Å². The average molecular weight is 548 g/mol. The number of hydrogen-bond donors (Lipinski definition) is 2. The number of carbonyl (C=O) groups is 1. The second-order valence-electron chi connectivity index (χ2n) is 5.27. The number of urea groups is 1. The third-order valence-electron chi connectivity index (χ3n) is 3.29. The van der Waals surface area contributed by atoms with Crippen molar-refractivity contribution in [1.29, 1.82) is 0 Å². The third-order valence-corrected chi connectivity index (χ3v) is 5.56. The predicted octanol–water partition coefficient (Wildman–Crippen LogP) is 4.37. The van der Waals surface area contributed by atoms with Gasteiger partial charge in [-0.1, -0.05) is 41.5 Å². The van der Waals surface area contributed by atoms with Gasteiger partial charge in [0.25, 0.3) is 0 Å². The van der Waals surface area contributed by atoms with Gasteiger partial charge >= 0.3 is 77.1 Å². The fourth-order valence-electron chi connectivity index (χ4n) is 1.97. The van der Waals surface area contributed by atoms with Crippen molar-refractivity contribution in [2.45, 2.75) is 0 Å². The van der Waals surface area contributed by atoms with E-state index < -0.39 is 6.03 Å². The number of benzene rings is 3. The first kappa shape index (κ1) is 20.6. The fraction of sp³-hybridized carbons (Fsp3) is 0.0500. The molecule has 0 aromatic heterocycles. The van der Waals surface area contributed by atoms with E-state index in [2.05, 4.69) is 27.1 Å². The Hall–Kier alpha value is -2.73. The molecule has 6 nitrogen and oxygen atoms in total. The molecule has 0 aliphatic rings. The SMILES string of the molecule is COc1cccc[c]1[Hg].O=C(N=Nc1ccccc1)NNc1ccccc1. The molecule has 7 heteroatoms. The summed E-state index contributed by atoms with van der Waals surface area (Å²) in [7, 11) is 1.71. The third kappa shape index (κ3) is 8.00. The minimum Gasteiger partial charge on any atom is -0.297 e. The van der Waals surface area contributed by atoms with Crippen LogP contribution in [0.4, 0.5) is 16.2 Å². The largest absolute Gasteiger partial charge is 0.378 e. The standard InChI is InChI=1S/C13H12N4O.C7H7O.Hg/c18-13(16-14-11-7-3-1-4-8-11)17-15-12-9-5-2-6-10-12;1-8-7-5-3-2-4-6-7;/h1-10,14H,(H,16,18);2-5H,1H3;. The number of azo groups is 1. The Labute approximate surface area is 174 Å². The number of anilines is 1. The van der Waals surface area contributed by atoms with Crippen molar-refractivity contribution in [3.63, 3.8) is 0 Å². The number of amides is 2. The van der Waals surface area contributed by atoms with Crippen LogP contribution in [-0.2, 0) is 26.1 Å². The van der Waals surface area contributed by atoms with Crippen LogP contribution in [0, 0.1) is 0 Å². The second-order valence-corrected chi connectivity index (χ2v) is 8.23. The van der Waals surface area contributed by atoms with E-state index in [9.17, 15) is 4.79 Å². The molecule has 0 bridgehead atoms. The van der Waals surface area contributed by atoms with E-state index in [1.54, 1.807) is 19.2 Å². The van der Waals surface area contributed by atoms with Crippen LogP contribution < -0.4 is 18.7 Å². The van der Waals surface area contributed by atoms with Crippen molar-refractivity contribution < 1.29 is 35.7 Å². The summed E-state index contributed by atoms with van der Waals surface area (Å²) >= 11 is 0.674. The molecule has 0 saturated carbocycles. The zero-order valence-electron chi connectivity index (χ0n) is 15.0. The van der Waals surface area contributed by atoms with E-state index in [1.807, 2.05) is 66.7 Å². The van der Waals surface area contributed by atoms with Gasteiger partial charge in [-0.05, 0) is 24.3 Å². The maximum absolute atomic E-state index is 11.4. The Morgan fingerprint density at radius 2 is 1.48 bits per heavy atom. The predicted molar refractivity (Wildman–Crippen MR) is 102 cm³/mol. The molecule has 0 aliphatic heterocycles. The van der Waals surface area contributed by atoms with E-state index in [0.29, 0.717) is 31.8 Å². The van der Waals surface area contributed by atoms with Gasteiger partial charge in [0.1, 0.15) is 0 Å². The Kier molecular flexibility index (Phi) is 8.99. The molecule has 133 valence electrons. The van der Waals surface area contributed by atoms with Gasteiger partial charge < -0.3 is 0 Å². The average Bonchev–Trinajstić information content (AvgIpc) is 2.73. The Morgan fingerprint density at radius 3 is 2.07 bits per heavy atom. The number of nitrogens with one attached hydrogen (secondary N) is 2. The van der Waals surface area contributed by atoms with Gasteiger partial charge in [0.2, 0.25) is 0 Å². The zero-order chi connectivity index (χ0) is 19.3. The van der Waals surface area contributed by atoms with Crippen LogP contribution in [0.5, 0.6) is 5.75 Å². The number of para-hydroxylation sites is 2. The van der Waals surface area contributed by atoms with Gasteiger partial charge in [0.05, 0.1) is 11.4 Å². The molecule has 0 fully saturated rings. The minimum atomic E-state index is -0.553. The van der Waals surface area contributed by atoms with Crippen LogP contribution in [0.15, 0.2) is 95.2 Å². The summed E-state index contributed by atoms with van der Waals surface area (Å²) in [5, 5.41) is 7.31. The molecule has 0 atom stereocenters. The number of nitrogens with zero attached hydrogens (tertiary/aromatic N) is 2. The Bertz CT molecular complexity index is 858. The maximum atomic E-state index is 11.4. The zero-order valence-corrected chi connectivity index (χ0v) is 20.5. The summed E-state index contributed by atoms with van der Waals surface area (Å²) in [5.74, 6) is 1.04. The molecule has 2 amide bonds. The number of carbonyl (C=O) groups excluding carboxylic acids is 1. The Balaban J connectivity index is 0.000000244. The molecule has 3 aromatic rings. The Morgan fingerprint density at radius 1 is 0.889 bits per heavy atom. The summed E-state index contributed by atoms with van der Waals surface area (Å²) < 4.78 is 6.47. The molecular formula is C20H19HgN4O2. The first-order valence-electron chi connectivity index (χ1n) is 8.22. The molecular weight excluding hydrogens is 529 g/mol. The fourth-order valence-corrected chi connectivity index (χ4v) is 3.52. The summed E-state index contributed by atoms with van der Waals surface area (Å²) in [6.07, 6.45) is 0. The van der Waals surface area contributed by atoms with Gasteiger partial charge in [-0.15, -0.1) is 5.11 Å². The van der Waals surface area contributed by atoms with Crippen LogP contribution in [0.1, 0.15) is 0 Å². The van der Waals surface area contributed by atoms with Crippen molar-refractivity contribution in [2.24, 2.45) is 10.2 Å². The van der Waals surface area contributed by atoms with Gasteiger partial charge in [-0.2, -0.15) is 0 Å². The van der Waals surface area contributed by atoms with Gasteiger partial charge in [0, 0.05) is 0 Å². The monoisotopic (exact) mass is 549 g/mol. The molecule has 0 spiro atoms. The molecule has 0 heterocycles. The number of hydrazine groups is 1. The maximum Gasteiger partial charge on any atom is 0.378 e. The minimum absolute atomic E-state index is 0.553. The van der Waals surface area contributed by atoms with Gasteiger partial charge in [0.15, 0.2) is 0 Å². The van der Waals surface area contributed by atoms with Crippen molar-refractivity contribution in [1.82, 2.24) is 5.43 Å². The van der Waals surface area contributed by atoms with Crippen LogP contribution in [0.3, 0.4) is 0 Å². The van der Waals surface area contributed by atoms with E-state index >= 15 is 0 Å². The number of rotatable bonds is 4. The quantitative estimate of drug-likeness (QED) is 0.289. The second kappa shape index (κ2) is 11.8. The topological polar surface area (TPSA) is 75.1 Å². The van der Waals surface area contributed by atoms with E-state index in [4.69, 9.17) is 4.74 Å². The van der Waals surface area contributed by atoms with E-state index in [0.717, 1.165) is 11.4 Å². The van der Waals surface area contributed by atoms with Crippen LogP contribution in [0.25, 0.3) is 0 Å². The van der Waals surface area contributed by atoms with Crippen molar-refractivity contribution in [2.75, 3.05) is 12.5 Å². The first-order chi connectivity index (χ1) is 13.2. The molecule has 27 heavy (non-hydrogen) atoms. The summed E-state index contributed by atoms with van der Waals surface area (Å²) in [4.78, 5) is 11.4. The molecule has 0 aliphatic carbocycles. The number of ether oxygens (including phenoxy) is 1. The summed E-state index contributed by atoms with van der Waals surface area (Å²) in [6.45, 7) is 0. The van der Waals surface area contributed by atoms with Crippen LogP contribution in [-0.4, -0.2) is 13.1 Å². The van der Waals surface area contributed by atoms with Gasteiger partial charge in [-0.3, -0.25) is 5.43 Å². The summed E-state index contributed by atoms with van der Waals surface area (Å²) in [6, 6.07) is 25.9. The van der Waals surface area contributed by atoms with E-state index in [-0.39, 0.29) is 0 Å². The molecule has 3 rings (SSSR count). The molecule has 3 aromatic carbocycles. The van der Waals surface area contributed by atoms with Crippen molar-refractivity contribution in [3.05, 3.63) is 84.9 Å². The molecule has 2 N–H and O–H groups in total. The van der Waals surface area contributed by atoms with E-state index in [1.165, 1.54) is 3.07 Å². The molecule has 0 unspecified atom stereocenters. The smallest absolute Gasteiger partial charge is 0.297 e. The van der Waals surface area contributed by atoms with Gasteiger partial charge in [-0.25, -0.2) is 10.2 Å². The normalized spacial score (nSPS) is 9.89. The molecule has 0 saturated heterocycles. The number of methoxy groups -OCH3 is 1. The first-order valence-corrected chi connectivity index (χ1v) is 11.0. The molecule has 0 radical (unpaired) electrons. The van der Waals surface area contributed by atoms with Crippen LogP contribution in [0.2, 0.25) is 0 Å². The summed E-state index contributed by atoms with van der Waals surface area (Å²) in [5.41, 5.74) is 6.56. The number of hydrogen-bond acceptors (Lipinski definition) is 4. The van der Waals surface area contributed by atoms with Crippen molar-refractivity contribution in [3.8, 4) is 5.75 Å². The van der Waals surface area contributed by atoms with Crippen molar-refractivity contribution >= 4 is 20.5 Å².